The fourth-order valence-corrected chi connectivity index (χ4v) is 4.62. The molecule has 1 unspecified atom stereocenters. The number of nitrogens with one attached hydrogen (secondary N) is 1. The molecule has 1 N–H and O–H groups in total. The van der Waals surface area contributed by atoms with Crippen LogP contribution < -0.4 is 10.1 Å². The summed E-state index contributed by atoms with van der Waals surface area (Å²) in [4.78, 5) is 31.8. The first kappa shape index (κ1) is 25.1. The molecule has 0 aliphatic carbocycles. The van der Waals surface area contributed by atoms with Gasteiger partial charge in [-0.2, -0.15) is 0 Å². The summed E-state index contributed by atoms with van der Waals surface area (Å²) in [5, 5.41) is 2.94. The Morgan fingerprint density at radius 1 is 0.895 bits per heavy atom. The summed E-state index contributed by atoms with van der Waals surface area (Å²) in [5.41, 5.74) is 4.37. The van der Waals surface area contributed by atoms with Crippen LogP contribution in [0.5, 0.6) is 5.75 Å². The molecule has 4 aromatic rings. The number of benzene rings is 3. The molecule has 7 heteroatoms. The van der Waals surface area contributed by atoms with Gasteiger partial charge in [-0.05, 0) is 64.7 Å². The van der Waals surface area contributed by atoms with Crippen LogP contribution in [0.3, 0.4) is 0 Å². The average molecular weight is 510 g/mol. The van der Waals surface area contributed by atoms with Crippen LogP contribution in [-0.2, 0) is 24.3 Å². The van der Waals surface area contributed by atoms with E-state index in [-0.39, 0.29) is 30.1 Å². The highest BCUT2D eigenvalue weighted by atomic mass is 19.1. The zero-order chi connectivity index (χ0) is 26.3. The van der Waals surface area contributed by atoms with Crippen LogP contribution in [0, 0.1) is 5.82 Å². The van der Waals surface area contributed by atoms with Crippen molar-refractivity contribution < 1.29 is 18.7 Å². The quantitative estimate of drug-likeness (QED) is 0.317. The van der Waals surface area contributed by atoms with Gasteiger partial charge < -0.3 is 15.0 Å². The molecule has 0 bridgehead atoms. The number of aromatic nitrogens is 1. The highest BCUT2D eigenvalue weighted by molar-refractivity contribution is 5.99. The van der Waals surface area contributed by atoms with E-state index >= 15 is 0 Å². The third-order valence-corrected chi connectivity index (χ3v) is 6.59. The lowest BCUT2D eigenvalue weighted by Crippen LogP contribution is -2.33. The number of nitrogens with zero attached hydrogens (tertiary/aromatic N) is 2. The monoisotopic (exact) mass is 509 g/mol. The van der Waals surface area contributed by atoms with Crippen LogP contribution in [0.1, 0.15) is 45.1 Å². The van der Waals surface area contributed by atoms with Crippen molar-refractivity contribution in [3.63, 3.8) is 0 Å². The zero-order valence-corrected chi connectivity index (χ0v) is 20.8. The summed E-state index contributed by atoms with van der Waals surface area (Å²) in [6.07, 6.45) is 4.25. The number of rotatable bonds is 10. The van der Waals surface area contributed by atoms with E-state index in [1.54, 1.807) is 35.5 Å². The summed E-state index contributed by atoms with van der Waals surface area (Å²) >= 11 is 0. The standard InChI is InChI=1S/C31H28FN3O3/c32-25-10-8-22(9-11-25)14-17-38-26-5-3-4-24(18-26)21-35(20-23-12-15-33-16-13-23)30(36)19-29-27-6-1-2-7-28(27)31(37)34-29/h1-13,15-16,18,29H,14,17,19-21H2,(H,34,37). The molecule has 2 heterocycles. The van der Waals surface area contributed by atoms with Crippen LogP contribution in [0.4, 0.5) is 4.39 Å². The number of pyridine rings is 1. The van der Waals surface area contributed by atoms with Gasteiger partial charge in [0.2, 0.25) is 5.91 Å². The van der Waals surface area contributed by atoms with E-state index in [2.05, 4.69) is 10.3 Å². The lowest BCUT2D eigenvalue weighted by Gasteiger charge is -2.25. The first-order valence-corrected chi connectivity index (χ1v) is 12.6. The van der Waals surface area contributed by atoms with Gasteiger partial charge in [-0.15, -0.1) is 0 Å². The minimum atomic E-state index is -0.354. The van der Waals surface area contributed by atoms with Gasteiger partial charge in [0.25, 0.3) is 5.91 Å². The maximum absolute atomic E-state index is 13.6. The van der Waals surface area contributed by atoms with Crippen molar-refractivity contribution >= 4 is 11.8 Å². The van der Waals surface area contributed by atoms with Crippen molar-refractivity contribution in [1.29, 1.82) is 0 Å². The smallest absolute Gasteiger partial charge is 0.252 e. The molecule has 0 saturated heterocycles. The summed E-state index contributed by atoms with van der Waals surface area (Å²) in [7, 11) is 0. The van der Waals surface area contributed by atoms with E-state index in [1.165, 1.54) is 12.1 Å². The number of ether oxygens (including phenoxy) is 1. The van der Waals surface area contributed by atoms with Gasteiger partial charge in [-0.25, -0.2) is 4.39 Å². The van der Waals surface area contributed by atoms with Gasteiger partial charge in [0.15, 0.2) is 0 Å². The number of carbonyl (C=O) groups excluding carboxylic acids is 2. The van der Waals surface area contributed by atoms with E-state index in [9.17, 15) is 14.0 Å². The maximum Gasteiger partial charge on any atom is 0.252 e. The second kappa shape index (κ2) is 11.7. The van der Waals surface area contributed by atoms with Gasteiger partial charge in [-0.3, -0.25) is 14.6 Å². The Balaban J connectivity index is 1.27. The Morgan fingerprint density at radius 2 is 1.66 bits per heavy atom. The fraction of sp³-hybridized carbons (Fsp3) is 0.194. The van der Waals surface area contributed by atoms with Gasteiger partial charge >= 0.3 is 0 Å². The van der Waals surface area contributed by atoms with Crippen molar-refractivity contribution in [2.75, 3.05) is 6.61 Å². The van der Waals surface area contributed by atoms with E-state index in [0.717, 1.165) is 22.3 Å². The lowest BCUT2D eigenvalue weighted by molar-refractivity contribution is -0.133. The minimum absolute atomic E-state index is 0.0635. The molecular formula is C31H28FN3O3. The van der Waals surface area contributed by atoms with Crippen molar-refractivity contribution in [1.82, 2.24) is 15.2 Å². The molecule has 1 atom stereocenters. The Morgan fingerprint density at radius 3 is 2.47 bits per heavy atom. The van der Waals surface area contributed by atoms with E-state index < -0.39 is 0 Å². The number of carbonyl (C=O) groups is 2. The van der Waals surface area contributed by atoms with Crippen LogP contribution >= 0.6 is 0 Å². The molecule has 0 radical (unpaired) electrons. The minimum Gasteiger partial charge on any atom is -0.493 e. The van der Waals surface area contributed by atoms with Gasteiger partial charge in [0.05, 0.1) is 19.1 Å². The number of halogens is 1. The molecule has 1 aliphatic rings. The first-order valence-electron chi connectivity index (χ1n) is 12.6. The number of fused-ring (bicyclic) bond motifs is 1. The molecule has 3 aromatic carbocycles. The molecule has 0 saturated carbocycles. The van der Waals surface area contributed by atoms with Gasteiger partial charge in [0.1, 0.15) is 11.6 Å². The van der Waals surface area contributed by atoms with Crippen LogP contribution in [0.2, 0.25) is 0 Å². The topological polar surface area (TPSA) is 71.5 Å². The molecule has 6 nitrogen and oxygen atoms in total. The Hall–Kier alpha value is -4.52. The average Bonchev–Trinajstić information content (AvgIpc) is 3.25. The van der Waals surface area contributed by atoms with E-state index in [1.807, 2.05) is 54.6 Å². The lowest BCUT2D eigenvalue weighted by atomic mass is 10.0. The summed E-state index contributed by atoms with van der Waals surface area (Å²) in [6, 6.07) is 24.9. The number of hydrogen-bond acceptors (Lipinski definition) is 4. The summed E-state index contributed by atoms with van der Waals surface area (Å²) in [6.45, 7) is 1.26. The fourth-order valence-electron chi connectivity index (χ4n) is 4.62. The Labute approximate surface area is 221 Å². The largest absolute Gasteiger partial charge is 0.493 e. The molecule has 5 rings (SSSR count). The predicted octanol–water partition coefficient (Wildman–Crippen LogP) is 5.25. The van der Waals surface area contributed by atoms with Crippen LogP contribution in [0.25, 0.3) is 0 Å². The predicted molar refractivity (Wildman–Crippen MR) is 142 cm³/mol. The number of hydrogen-bond donors (Lipinski definition) is 1. The van der Waals surface area contributed by atoms with Crippen LogP contribution in [-0.4, -0.2) is 28.3 Å². The second-order valence-electron chi connectivity index (χ2n) is 9.30. The molecule has 1 aromatic heterocycles. The summed E-state index contributed by atoms with van der Waals surface area (Å²) in [5.74, 6) is 0.238. The zero-order valence-electron chi connectivity index (χ0n) is 20.8. The van der Waals surface area contributed by atoms with Crippen molar-refractivity contribution in [3.05, 3.63) is 131 Å². The molecule has 0 spiro atoms. The van der Waals surface area contributed by atoms with Crippen molar-refractivity contribution in [2.24, 2.45) is 0 Å². The molecule has 192 valence electrons. The molecule has 0 fully saturated rings. The molecule has 1 aliphatic heterocycles. The summed E-state index contributed by atoms with van der Waals surface area (Å²) < 4.78 is 19.1. The molecular weight excluding hydrogens is 481 g/mol. The second-order valence-corrected chi connectivity index (χ2v) is 9.30. The van der Waals surface area contributed by atoms with Crippen molar-refractivity contribution in [2.45, 2.75) is 32.0 Å². The number of amides is 2. The third kappa shape index (κ3) is 6.24. The SMILES string of the molecule is O=C1NC(CC(=O)N(Cc2ccncc2)Cc2cccc(OCCc3ccc(F)cc3)c2)c2ccccc21. The van der Waals surface area contributed by atoms with E-state index in [0.29, 0.717) is 37.4 Å². The van der Waals surface area contributed by atoms with Crippen molar-refractivity contribution in [3.8, 4) is 5.75 Å². The Bertz CT molecular complexity index is 1410. The third-order valence-electron chi connectivity index (χ3n) is 6.59. The highest BCUT2D eigenvalue weighted by Crippen LogP contribution is 2.29. The normalized spacial score (nSPS) is 14.0. The highest BCUT2D eigenvalue weighted by Gasteiger charge is 2.31. The van der Waals surface area contributed by atoms with E-state index in [4.69, 9.17) is 4.74 Å². The van der Waals surface area contributed by atoms with Gasteiger partial charge in [-0.1, -0.05) is 42.5 Å². The van der Waals surface area contributed by atoms with Gasteiger partial charge in [0, 0.05) is 37.5 Å². The maximum atomic E-state index is 13.6. The van der Waals surface area contributed by atoms with Crippen LogP contribution in [0.15, 0.2) is 97.3 Å². The molecule has 2 amide bonds. The molecule has 38 heavy (non-hydrogen) atoms. The first-order chi connectivity index (χ1) is 18.5. The Kier molecular flexibility index (Phi) is 7.73.